The molecule has 0 saturated carbocycles. The summed E-state index contributed by atoms with van der Waals surface area (Å²) in [5.41, 5.74) is -0.921. The van der Waals surface area contributed by atoms with Crippen molar-refractivity contribution in [2.45, 2.75) is 18.2 Å². The fourth-order valence-corrected chi connectivity index (χ4v) is 1.56. The zero-order valence-corrected chi connectivity index (χ0v) is 8.35. The summed E-state index contributed by atoms with van der Waals surface area (Å²) in [5, 5.41) is 4.62. The second kappa shape index (κ2) is 3.78. The molecule has 0 fully saturated rings. The van der Waals surface area contributed by atoms with Crippen LogP contribution in [-0.2, 0) is 10.0 Å². The Balaban J connectivity index is 3.50. The van der Waals surface area contributed by atoms with Crippen molar-refractivity contribution >= 4 is 10.0 Å². The van der Waals surface area contributed by atoms with Gasteiger partial charge in [-0.25, -0.2) is 27.3 Å². The predicted molar refractivity (Wildman–Crippen MR) is 45.3 cm³/mol. The Morgan fingerprint density at radius 2 is 2.00 bits per heavy atom. The van der Waals surface area contributed by atoms with E-state index in [1.54, 1.807) is 0 Å². The molecule has 15 heavy (non-hydrogen) atoms. The number of aromatic nitrogens is 1. The van der Waals surface area contributed by atoms with Crippen LogP contribution < -0.4 is 5.14 Å². The first kappa shape index (κ1) is 11.9. The Kier molecular flexibility index (Phi) is 3.00. The maximum Gasteiger partial charge on any atom is 0.265 e. The van der Waals surface area contributed by atoms with E-state index in [1.165, 1.54) is 0 Å². The smallest absolute Gasteiger partial charge is 0.224 e. The van der Waals surface area contributed by atoms with Crippen LogP contribution in [0.15, 0.2) is 11.0 Å². The van der Waals surface area contributed by atoms with Crippen molar-refractivity contribution in [1.29, 1.82) is 0 Å². The molecule has 0 aliphatic heterocycles. The van der Waals surface area contributed by atoms with E-state index in [0.717, 1.165) is 6.92 Å². The molecule has 2 N–H and O–H groups in total. The summed E-state index contributed by atoms with van der Waals surface area (Å²) in [6, 6.07) is 0.498. The van der Waals surface area contributed by atoms with E-state index in [2.05, 4.69) is 10.1 Å². The molecule has 0 spiro atoms. The van der Waals surface area contributed by atoms with Crippen molar-refractivity contribution in [1.82, 2.24) is 4.98 Å². The topological polar surface area (TPSA) is 73.0 Å². The van der Waals surface area contributed by atoms with Gasteiger partial charge < -0.3 is 0 Å². The third-order valence-corrected chi connectivity index (χ3v) is 2.61. The molecule has 0 aliphatic carbocycles. The lowest BCUT2D eigenvalue weighted by Crippen LogP contribution is -2.16. The number of aryl methyl sites for hydroxylation is 1. The maximum atomic E-state index is 13.0. The lowest BCUT2D eigenvalue weighted by Gasteiger charge is -2.06. The van der Waals surface area contributed by atoms with Gasteiger partial charge in [0.1, 0.15) is 4.90 Å². The summed E-state index contributed by atoms with van der Waals surface area (Å²) >= 11 is 0. The number of pyridine rings is 1. The molecule has 84 valence electrons. The van der Waals surface area contributed by atoms with Crippen LogP contribution in [0.2, 0.25) is 0 Å². The summed E-state index contributed by atoms with van der Waals surface area (Å²) in [5.74, 6) is -1.38. The van der Waals surface area contributed by atoms with E-state index in [-0.39, 0.29) is 5.69 Å². The van der Waals surface area contributed by atoms with Crippen LogP contribution in [0.4, 0.5) is 13.2 Å². The van der Waals surface area contributed by atoms with Crippen LogP contribution in [0.25, 0.3) is 0 Å². The predicted octanol–water partition coefficient (Wildman–Crippen LogP) is 1.11. The molecule has 0 aromatic carbocycles. The number of nitrogens with two attached hydrogens (primary N) is 1. The van der Waals surface area contributed by atoms with Gasteiger partial charge in [0.15, 0.2) is 0 Å². The van der Waals surface area contributed by atoms with Crippen molar-refractivity contribution < 1.29 is 21.6 Å². The molecule has 0 bridgehead atoms. The third kappa shape index (κ3) is 2.45. The van der Waals surface area contributed by atoms with Gasteiger partial charge in [0, 0.05) is 11.3 Å². The highest BCUT2D eigenvalue weighted by Crippen LogP contribution is 2.24. The van der Waals surface area contributed by atoms with Gasteiger partial charge in [-0.2, -0.15) is 4.39 Å². The summed E-state index contributed by atoms with van der Waals surface area (Å²) in [6.07, 6.45) is -2.93. The number of primary sulfonamides is 1. The molecular formula is C7H7F3N2O2S. The van der Waals surface area contributed by atoms with Gasteiger partial charge in [0.2, 0.25) is 16.0 Å². The third-order valence-electron chi connectivity index (χ3n) is 1.72. The molecule has 8 heteroatoms. The highest BCUT2D eigenvalue weighted by Gasteiger charge is 2.21. The second-order valence-corrected chi connectivity index (χ2v) is 4.33. The Morgan fingerprint density at radius 1 is 1.47 bits per heavy atom. The van der Waals surface area contributed by atoms with Gasteiger partial charge in [-0.05, 0) is 13.0 Å². The summed E-state index contributed by atoms with van der Waals surface area (Å²) in [4.78, 5) is 2.03. The van der Waals surface area contributed by atoms with Crippen LogP contribution in [0.3, 0.4) is 0 Å². The van der Waals surface area contributed by atoms with E-state index in [0.29, 0.717) is 6.07 Å². The minimum Gasteiger partial charge on any atom is -0.224 e. The Morgan fingerprint density at radius 3 is 2.40 bits per heavy atom. The summed E-state index contributed by atoms with van der Waals surface area (Å²) in [6.45, 7) is 1.15. The Bertz CT molecular complexity index is 487. The van der Waals surface area contributed by atoms with Crippen LogP contribution in [-0.4, -0.2) is 13.4 Å². The first-order chi connectivity index (χ1) is 6.73. The van der Waals surface area contributed by atoms with E-state index in [4.69, 9.17) is 0 Å². The lowest BCUT2D eigenvalue weighted by atomic mass is 10.2. The molecule has 1 aromatic rings. The van der Waals surface area contributed by atoms with Crippen LogP contribution in [0.1, 0.15) is 17.7 Å². The van der Waals surface area contributed by atoms with Gasteiger partial charge in [-0.3, -0.25) is 0 Å². The average molecular weight is 240 g/mol. The van der Waals surface area contributed by atoms with Crippen LogP contribution in [0, 0.1) is 12.9 Å². The van der Waals surface area contributed by atoms with Crippen LogP contribution in [0.5, 0.6) is 0 Å². The van der Waals surface area contributed by atoms with Crippen molar-refractivity contribution in [3.63, 3.8) is 0 Å². The van der Waals surface area contributed by atoms with Gasteiger partial charge >= 0.3 is 0 Å². The summed E-state index contributed by atoms with van der Waals surface area (Å²) < 4.78 is 59.2. The zero-order chi connectivity index (χ0) is 11.8. The van der Waals surface area contributed by atoms with E-state index in [1.807, 2.05) is 0 Å². The number of hydrogen-bond acceptors (Lipinski definition) is 3. The fourth-order valence-electron chi connectivity index (χ4n) is 0.993. The molecular weight excluding hydrogens is 233 g/mol. The normalized spacial score (nSPS) is 12.1. The number of nitrogens with zero attached hydrogens (tertiary/aromatic N) is 1. The van der Waals surface area contributed by atoms with Gasteiger partial charge in [0.05, 0.1) is 0 Å². The second-order valence-electron chi connectivity index (χ2n) is 2.80. The Labute approximate surface area is 84.0 Å². The standard InChI is InChI=1S/C7H7F3N2O2S/c1-3-4(6(8)9)2-5(7(10)12-3)15(11,13)14/h2,6H,1H3,(H2,11,13,14). The lowest BCUT2D eigenvalue weighted by molar-refractivity contribution is 0.149. The molecule has 1 rings (SSSR count). The zero-order valence-electron chi connectivity index (χ0n) is 7.54. The highest BCUT2D eigenvalue weighted by molar-refractivity contribution is 7.89. The molecule has 1 heterocycles. The van der Waals surface area contributed by atoms with E-state index < -0.39 is 32.9 Å². The fraction of sp³-hybridized carbons (Fsp3) is 0.286. The molecule has 0 atom stereocenters. The monoisotopic (exact) mass is 240 g/mol. The van der Waals surface area contributed by atoms with E-state index >= 15 is 0 Å². The minimum absolute atomic E-state index is 0.269. The van der Waals surface area contributed by atoms with Gasteiger partial charge in [-0.15, -0.1) is 0 Å². The molecule has 0 saturated heterocycles. The Hall–Kier alpha value is -1.15. The van der Waals surface area contributed by atoms with Crippen molar-refractivity contribution in [3.8, 4) is 0 Å². The quantitative estimate of drug-likeness (QED) is 0.787. The molecule has 0 amide bonds. The van der Waals surface area contributed by atoms with Gasteiger partial charge in [0.25, 0.3) is 6.43 Å². The molecule has 0 unspecified atom stereocenters. The van der Waals surface area contributed by atoms with Crippen molar-refractivity contribution in [3.05, 3.63) is 23.3 Å². The van der Waals surface area contributed by atoms with Gasteiger partial charge in [-0.1, -0.05) is 0 Å². The first-order valence-electron chi connectivity index (χ1n) is 3.71. The molecule has 4 nitrogen and oxygen atoms in total. The van der Waals surface area contributed by atoms with Crippen molar-refractivity contribution in [2.75, 3.05) is 0 Å². The number of sulfonamides is 1. The number of alkyl halides is 2. The SMILES string of the molecule is Cc1nc(F)c(S(N)(=O)=O)cc1C(F)F. The van der Waals surface area contributed by atoms with Crippen molar-refractivity contribution in [2.24, 2.45) is 5.14 Å². The molecule has 1 aromatic heterocycles. The largest absolute Gasteiger partial charge is 0.265 e. The number of halogens is 3. The number of hydrogen-bond donors (Lipinski definition) is 1. The molecule has 0 radical (unpaired) electrons. The summed E-state index contributed by atoms with van der Waals surface area (Å²) in [7, 11) is -4.38. The highest BCUT2D eigenvalue weighted by atomic mass is 32.2. The molecule has 0 aliphatic rings. The first-order valence-corrected chi connectivity index (χ1v) is 5.26. The average Bonchev–Trinajstić information content (AvgIpc) is 2.00. The minimum atomic E-state index is -4.38. The number of rotatable bonds is 2. The van der Waals surface area contributed by atoms with Crippen LogP contribution >= 0.6 is 0 Å². The van der Waals surface area contributed by atoms with E-state index in [9.17, 15) is 21.6 Å². The maximum absolute atomic E-state index is 13.0.